The maximum absolute atomic E-state index is 13.7. The quantitative estimate of drug-likeness (QED) is 0.884. The minimum Gasteiger partial charge on any atom is -0.452 e. The van der Waals surface area contributed by atoms with Gasteiger partial charge in [-0.25, -0.2) is 4.39 Å². The van der Waals surface area contributed by atoms with Gasteiger partial charge in [-0.1, -0.05) is 12.1 Å². The predicted octanol–water partition coefficient (Wildman–Crippen LogP) is 3.03. The van der Waals surface area contributed by atoms with E-state index in [0.29, 0.717) is 11.3 Å². The van der Waals surface area contributed by atoms with Crippen LogP contribution in [0.15, 0.2) is 42.7 Å². The highest BCUT2D eigenvalue weighted by Gasteiger charge is 2.13. The number of nitrogens with zero attached hydrogens (tertiary/aromatic N) is 1. The standard InChI is InChI=1S/C13H13FN2O/c1-9(15)11-5-2-6-12(14)13(11)17-10-4-3-7-16-8-10/h2-9H,15H2,1H3. The molecule has 0 amide bonds. The van der Waals surface area contributed by atoms with Crippen molar-refractivity contribution in [1.29, 1.82) is 0 Å². The smallest absolute Gasteiger partial charge is 0.167 e. The van der Waals surface area contributed by atoms with Gasteiger partial charge in [0.15, 0.2) is 11.6 Å². The van der Waals surface area contributed by atoms with Gasteiger partial charge >= 0.3 is 0 Å². The number of benzene rings is 1. The number of ether oxygens (including phenoxy) is 1. The van der Waals surface area contributed by atoms with Crippen LogP contribution in [-0.4, -0.2) is 4.98 Å². The van der Waals surface area contributed by atoms with Crippen LogP contribution >= 0.6 is 0 Å². The predicted molar refractivity (Wildman–Crippen MR) is 63.3 cm³/mol. The lowest BCUT2D eigenvalue weighted by Gasteiger charge is -2.14. The van der Waals surface area contributed by atoms with Crippen molar-refractivity contribution in [3.63, 3.8) is 0 Å². The molecule has 1 heterocycles. The molecule has 2 N–H and O–H groups in total. The summed E-state index contributed by atoms with van der Waals surface area (Å²) in [7, 11) is 0. The fourth-order valence-electron chi connectivity index (χ4n) is 1.52. The van der Waals surface area contributed by atoms with Crippen LogP contribution < -0.4 is 10.5 Å². The van der Waals surface area contributed by atoms with Gasteiger partial charge in [-0.05, 0) is 25.1 Å². The third-order valence-electron chi connectivity index (χ3n) is 2.34. The number of hydrogen-bond donors (Lipinski definition) is 1. The summed E-state index contributed by atoms with van der Waals surface area (Å²) in [6, 6.07) is 7.85. The maximum Gasteiger partial charge on any atom is 0.167 e. The first kappa shape index (κ1) is 11.5. The zero-order valence-corrected chi connectivity index (χ0v) is 9.43. The van der Waals surface area contributed by atoms with E-state index >= 15 is 0 Å². The van der Waals surface area contributed by atoms with Gasteiger partial charge in [0.25, 0.3) is 0 Å². The van der Waals surface area contributed by atoms with Crippen molar-refractivity contribution < 1.29 is 9.13 Å². The highest BCUT2D eigenvalue weighted by Crippen LogP contribution is 2.30. The van der Waals surface area contributed by atoms with Gasteiger partial charge in [-0.2, -0.15) is 0 Å². The molecule has 2 aromatic rings. The van der Waals surface area contributed by atoms with E-state index in [0.717, 1.165) is 0 Å². The molecule has 2 rings (SSSR count). The minimum absolute atomic E-state index is 0.163. The molecule has 0 fully saturated rings. The number of aromatic nitrogens is 1. The molecule has 0 aliphatic carbocycles. The zero-order chi connectivity index (χ0) is 12.3. The summed E-state index contributed by atoms with van der Waals surface area (Å²) in [5, 5.41) is 0. The van der Waals surface area contributed by atoms with Crippen LogP contribution in [0, 0.1) is 5.82 Å². The lowest BCUT2D eigenvalue weighted by molar-refractivity contribution is 0.431. The van der Waals surface area contributed by atoms with Crippen LogP contribution in [0.1, 0.15) is 18.5 Å². The van der Waals surface area contributed by atoms with Crippen LogP contribution in [0.5, 0.6) is 11.5 Å². The van der Waals surface area contributed by atoms with E-state index in [4.69, 9.17) is 10.5 Å². The number of hydrogen-bond acceptors (Lipinski definition) is 3. The van der Waals surface area contributed by atoms with Crippen molar-refractivity contribution in [2.24, 2.45) is 5.73 Å². The number of nitrogens with two attached hydrogens (primary N) is 1. The molecule has 1 unspecified atom stereocenters. The summed E-state index contributed by atoms with van der Waals surface area (Å²) in [6.07, 6.45) is 3.15. The van der Waals surface area contributed by atoms with Gasteiger partial charge in [0.1, 0.15) is 5.75 Å². The van der Waals surface area contributed by atoms with Crippen LogP contribution in [0.3, 0.4) is 0 Å². The van der Waals surface area contributed by atoms with Crippen molar-refractivity contribution in [2.75, 3.05) is 0 Å². The average Bonchev–Trinajstić information content (AvgIpc) is 2.33. The Balaban J connectivity index is 2.38. The molecular weight excluding hydrogens is 219 g/mol. The Bertz CT molecular complexity index is 500. The molecule has 1 atom stereocenters. The van der Waals surface area contributed by atoms with E-state index in [-0.39, 0.29) is 11.8 Å². The van der Waals surface area contributed by atoms with Gasteiger partial charge in [0.2, 0.25) is 0 Å². The molecule has 0 radical (unpaired) electrons. The van der Waals surface area contributed by atoms with Crippen LogP contribution in [-0.2, 0) is 0 Å². The first-order valence-corrected chi connectivity index (χ1v) is 5.30. The van der Waals surface area contributed by atoms with E-state index in [1.165, 1.54) is 12.3 Å². The van der Waals surface area contributed by atoms with E-state index in [1.54, 1.807) is 37.4 Å². The number of pyridine rings is 1. The molecule has 0 saturated heterocycles. The Morgan fingerprint density at radius 2 is 2.12 bits per heavy atom. The number of rotatable bonds is 3. The summed E-state index contributed by atoms with van der Waals surface area (Å²) < 4.78 is 19.2. The summed E-state index contributed by atoms with van der Waals surface area (Å²) >= 11 is 0. The fourth-order valence-corrected chi connectivity index (χ4v) is 1.52. The zero-order valence-electron chi connectivity index (χ0n) is 9.43. The molecule has 4 heteroatoms. The summed E-state index contributed by atoms with van der Waals surface area (Å²) in [5.74, 6) is 0.221. The second-order valence-corrected chi connectivity index (χ2v) is 3.74. The third kappa shape index (κ3) is 2.60. The van der Waals surface area contributed by atoms with E-state index in [9.17, 15) is 4.39 Å². The average molecular weight is 232 g/mol. The highest BCUT2D eigenvalue weighted by atomic mass is 19.1. The largest absolute Gasteiger partial charge is 0.452 e. The molecule has 0 bridgehead atoms. The molecule has 17 heavy (non-hydrogen) atoms. The Labute approximate surface area is 99.1 Å². The van der Waals surface area contributed by atoms with Gasteiger partial charge in [0, 0.05) is 17.8 Å². The molecule has 0 aliphatic heterocycles. The number of para-hydroxylation sites is 1. The second kappa shape index (κ2) is 4.93. The fraction of sp³-hybridized carbons (Fsp3) is 0.154. The lowest BCUT2D eigenvalue weighted by atomic mass is 10.1. The van der Waals surface area contributed by atoms with Crippen molar-refractivity contribution in [2.45, 2.75) is 13.0 Å². The molecule has 0 spiro atoms. The molecule has 3 nitrogen and oxygen atoms in total. The molecular formula is C13H13FN2O. The summed E-state index contributed by atoms with van der Waals surface area (Å²) in [6.45, 7) is 1.78. The van der Waals surface area contributed by atoms with E-state index in [1.807, 2.05) is 0 Å². The Kier molecular flexibility index (Phi) is 3.35. The van der Waals surface area contributed by atoms with Crippen LogP contribution in [0.25, 0.3) is 0 Å². The molecule has 1 aromatic heterocycles. The molecule has 88 valence electrons. The van der Waals surface area contributed by atoms with Gasteiger partial charge in [0.05, 0.1) is 6.20 Å². The van der Waals surface area contributed by atoms with Gasteiger partial charge in [-0.15, -0.1) is 0 Å². The van der Waals surface area contributed by atoms with Crippen molar-refractivity contribution in [3.05, 3.63) is 54.1 Å². The molecule has 1 aromatic carbocycles. The minimum atomic E-state index is -0.427. The van der Waals surface area contributed by atoms with Crippen molar-refractivity contribution in [1.82, 2.24) is 4.98 Å². The Morgan fingerprint density at radius 1 is 1.29 bits per heavy atom. The molecule has 0 saturated carbocycles. The lowest BCUT2D eigenvalue weighted by Crippen LogP contribution is -2.07. The number of halogens is 1. The van der Waals surface area contributed by atoms with Crippen LogP contribution in [0.2, 0.25) is 0 Å². The van der Waals surface area contributed by atoms with Crippen molar-refractivity contribution >= 4 is 0 Å². The second-order valence-electron chi connectivity index (χ2n) is 3.74. The first-order chi connectivity index (χ1) is 8.18. The van der Waals surface area contributed by atoms with Crippen molar-refractivity contribution in [3.8, 4) is 11.5 Å². The Hall–Kier alpha value is -1.94. The summed E-state index contributed by atoms with van der Waals surface area (Å²) in [5.41, 5.74) is 6.41. The normalized spacial score (nSPS) is 12.2. The SMILES string of the molecule is CC(N)c1cccc(F)c1Oc1cccnc1. The molecule has 0 aliphatic rings. The third-order valence-corrected chi connectivity index (χ3v) is 2.34. The van der Waals surface area contributed by atoms with E-state index in [2.05, 4.69) is 4.98 Å². The van der Waals surface area contributed by atoms with Gasteiger partial charge < -0.3 is 10.5 Å². The van der Waals surface area contributed by atoms with Crippen LogP contribution in [0.4, 0.5) is 4.39 Å². The summed E-state index contributed by atoms with van der Waals surface area (Å²) in [4.78, 5) is 3.91. The van der Waals surface area contributed by atoms with Gasteiger partial charge in [-0.3, -0.25) is 4.98 Å². The highest BCUT2D eigenvalue weighted by molar-refractivity contribution is 5.40. The Morgan fingerprint density at radius 3 is 2.76 bits per heavy atom. The maximum atomic E-state index is 13.7. The van der Waals surface area contributed by atoms with E-state index < -0.39 is 5.82 Å². The first-order valence-electron chi connectivity index (χ1n) is 5.30. The topological polar surface area (TPSA) is 48.1 Å². The monoisotopic (exact) mass is 232 g/mol.